The molecule has 0 unspecified atom stereocenters. The Morgan fingerprint density at radius 3 is 2.91 bits per heavy atom. The Hall–Kier alpha value is -2.66. The van der Waals surface area contributed by atoms with Crippen LogP contribution in [0, 0.1) is 6.92 Å². The summed E-state index contributed by atoms with van der Waals surface area (Å²) in [6.45, 7) is 2.08. The number of aromatic nitrogens is 2. The fourth-order valence-electron chi connectivity index (χ4n) is 2.45. The van der Waals surface area contributed by atoms with Gasteiger partial charge in [0.25, 0.3) is 0 Å². The Bertz CT molecular complexity index is 1030. The van der Waals surface area contributed by atoms with Crippen molar-refractivity contribution in [2.24, 2.45) is 0 Å². The maximum absolute atomic E-state index is 11.2. The summed E-state index contributed by atoms with van der Waals surface area (Å²) in [7, 11) is 0. The van der Waals surface area contributed by atoms with Gasteiger partial charge in [-0.3, -0.25) is 4.98 Å². The number of thiazole rings is 1. The first-order chi connectivity index (χ1) is 10.7. The van der Waals surface area contributed by atoms with E-state index in [0.717, 1.165) is 21.8 Å². The Morgan fingerprint density at radius 1 is 1.18 bits per heavy atom. The molecule has 1 N–H and O–H groups in total. The molecule has 0 fully saturated rings. The minimum atomic E-state index is -0.439. The summed E-state index contributed by atoms with van der Waals surface area (Å²) in [5.74, 6) is -0.439. The van der Waals surface area contributed by atoms with Crippen LogP contribution in [-0.2, 0) is 0 Å². The van der Waals surface area contributed by atoms with Gasteiger partial charge in [0.15, 0.2) is 5.58 Å². The van der Waals surface area contributed by atoms with E-state index >= 15 is 0 Å². The number of benzene rings is 2. The zero-order chi connectivity index (χ0) is 15.1. The van der Waals surface area contributed by atoms with Gasteiger partial charge in [-0.05, 0) is 24.6 Å². The Morgan fingerprint density at radius 2 is 2.05 bits per heavy atom. The summed E-state index contributed by atoms with van der Waals surface area (Å²) in [6.07, 6.45) is 0. The average molecular weight is 308 g/mol. The highest BCUT2D eigenvalue weighted by molar-refractivity contribution is 7.13. The monoisotopic (exact) mass is 308 g/mol. The SMILES string of the molecule is Cc1ccccc1-c1nc(-c2ccc3[nH]c(=O)oc3c2)cs1. The molecule has 0 bridgehead atoms. The van der Waals surface area contributed by atoms with Crippen molar-refractivity contribution in [2.45, 2.75) is 6.92 Å². The van der Waals surface area contributed by atoms with Crippen LogP contribution in [-0.4, -0.2) is 9.97 Å². The van der Waals surface area contributed by atoms with Gasteiger partial charge in [-0.25, -0.2) is 9.78 Å². The number of fused-ring (bicyclic) bond motifs is 1. The summed E-state index contributed by atoms with van der Waals surface area (Å²) in [4.78, 5) is 18.6. The summed E-state index contributed by atoms with van der Waals surface area (Å²) < 4.78 is 5.11. The molecule has 5 heteroatoms. The van der Waals surface area contributed by atoms with Crippen molar-refractivity contribution in [1.82, 2.24) is 9.97 Å². The minimum absolute atomic E-state index is 0.439. The number of aromatic amines is 1. The summed E-state index contributed by atoms with van der Waals surface area (Å²) in [5, 5.41) is 3.01. The van der Waals surface area contributed by atoms with Crippen LogP contribution in [0.3, 0.4) is 0 Å². The van der Waals surface area contributed by atoms with Crippen LogP contribution in [0.1, 0.15) is 5.56 Å². The van der Waals surface area contributed by atoms with Crippen molar-refractivity contribution in [3.63, 3.8) is 0 Å². The van der Waals surface area contributed by atoms with E-state index in [1.807, 2.05) is 35.7 Å². The lowest BCUT2D eigenvalue weighted by Crippen LogP contribution is -1.92. The standard InChI is InChI=1S/C17H12N2O2S/c1-10-4-2-3-5-12(10)16-18-14(9-22-16)11-6-7-13-15(8-11)21-17(20)19-13/h2-9H,1H3,(H,19,20). The molecule has 22 heavy (non-hydrogen) atoms. The molecule has 0 aliphatic rings. The molecular weight excluding hydrogens is 296 g/mol. The molecule has 0 aliphatic carbocycles. The maximum atomic E-state index is 11.2. The van der Waals surface area contributed by atoms with Crippen molar-refractivity contribution in [2.75, 3.05) is 0 Å². The van der Waals surface area contributed by atoms with Crippen LogP contribution in [0.25, 0.3) is 32.9 Å². The maximum Gasteiger partial charge on any atom is 0.417 e. The van der Waals surface area contributed by atoms with Gasteiger partial charge in [0.05, 0.1) is 11.2 Å². The molecule has 2 heterocycles. The largest absolute Gasteiger partial charge is 0.417 e. The first-order valence-electron chi connectivity index (χ1n) is 6.85. The van der Waals surface area contributed by atoms with E-state index in [2.05, 4.69) is 24.0 Å². The van der Waals surface area contributed by atoms with Crippen LogP contribution >= 0.6 is 11.3 Å². The second-order valence-electron chi connectivity index (χ2n) is 5.08. The molecule has 0 saturated carbocycles. The second kappa shape index (κ2) is 4.96. The predicted molar refractivity (Wildman–Crippen MR) is 88.1 cm³/mol. The average Bonchev–Trinajstić information content (AvgIpc) is 3.12. The Balaban J connectivity index is 1.79. The van der Waals surface area contributed by atoms with Crippen LogP contribution in [0.2, 0.25) is 0 Å². The molecule has 0 saturated heterocycles. The van der Waals surface area contributed by atoms with Crippen molar-refractivity contribution in [3.05, 3.63) is 64.0 Å². The summed E-state index contributed by atoms with van der Waals surface area (Å²) in [5.41, 5.74) is 5.42. The minimum Gasteiger partial charge on any atom is -0.408 e. The second-order valence-corrected chi connectivity index (χ2v) is 5.94. The number of rotatable bonds is 2. The Labute approximate surface area is 130 Å². The number of nitrogens with one attached hydrogen (secondary N) is 1. The van der Waals surface area contributed by atoms with Gasteiger partial charge in [-0.15, -0.1) is 11.3 Å². The lowest BCUT2D eigenvalue weighted by molar-refractivity contribution is 0.555. The molecule has 0 aliphatic heterocycles. The first kappa shape index (κ1) is 13.0. The summed E-state index contributed by atoms with van der Waals surface area (Å²) in [6, 6.07) is 13.8. The van der Waals surface area contributed by atoms with Crippen molar-refractivity contribution in [1.29, 1.82) is 0 Å². The molecule has 0 spiro atoms. The molecule has 108 valence electrons. The van der Waals surface area contributed by atoms with Gasteiger partial charge < -0.3 is 4.42 Å². The van der Waals surface area contributed by atoms with E-state index in [9.17, 15) is 4.79 Å². The van der Waals surface area contributed by atoms with Gasteiger partial charge in [0.2, 0.25) is 0 Å². The number of oxazole rings is 1. The van der Waals surface area contributed by atoms with Crippen LogP contribution in [0.4, 0.5) is 0 Å². The highest BCUT2D eigenvalue weighted by atomic mass is 32.1. The smallest absolute Gasteiger partial charge is 0.408 e. The van der Waals surface area contributed by atoms with E-state index < -0.39 is 5.76 Å². The number of H-pyrrole nitrogens is 1. The van der Waals surface area contributed by atoms with Crippen molar-refractivity contribution < 1.29 is 4.42 Å². The zero-order valence-corrected chi connectivity index (χ0v) is 12.6. The topological polar surface area (TPSA) is 58.9 Å². The van der Waals surface area contributed by atoms with Gasteiger partial charge in [-0.2, -0.15) is 0 Å². The molecule has 0 radical (unpaired) electrons. The Kier molecular flexibility index (Phi) is 2.94. The highest BCUT2D eigenvalue weighted by Crippen LogP contribution is 2.31. The molecule has 2 aromatic carbocycles. The van der Waals surface area contributed by atoms with Crippen LogP contribution in [0.5, 0.6) is 0 Å². The molecular formula is C17H12N2O2S. The van der Waals surface area contributed by atoms with E-state index in [1.165, 1.54) is 5.56 Å². The van der Waals surface area contributed by atoms with Crippen LogP contribution in [0.15, 0.2) is 57.1 Å². The third-order valence-corrected chi connectivity index (χ3v) is 4.47. The van der Waals surface area contributed by atoms with Crippen molar-refractivity contribution in [3.8, 4) is 21.8 Å². The number of nitrogens with zero attached hydrogens (tertiary/aromatic N) is 1. The summed E-state index contributed by atoms with van der Waals surface area (Å²) >= 11 is 1.61. The van der Waals surface area contributed by atoms with Crippen LogP contribution < -0.4 is 5.76 Å². The molecule has 4 aromatic rings. The highest BCUT2D eigenvalue weighted by Gasteiger charge is 2.10. The lowest BCUT2D eigenvalue weighted by atomic mass is 10.1. The first-order valence-corrected chi connectivity index (χ1v) is 7.73. The van der Waals surface area contributed by atoms with E-state index in [-0.39, 0.29) is 0 Å². The van der Waals surface area contributed by atoms with Crippen molar-refractivity contribution >= 4 is 22.4 Å². The van der Waals surface area contributed by atoms with Gasteiger partial charge in [0.1, 0.15) is 5.01 Å². The molecule has 0 atom stereocenters. The number of aryl methyl sites for hydroxylation is 1. The zero-order valence-electron chi connectivity index (χ0n) is 11.8. The predicted octanol–water partition coefficient (Wildman–Crippen LogP) is 4.22. The quantitative estimate of drug-likeness (QED) is 0.603. The lowest BCUT2D eigenvalue weighted by Gasteiger charge is -2.00. The molecule has 4 nitrogen and oxygen atoms in total. The number of hydrogen-bond acceptors (Lipinski definition) is 4. The van der Waals surface area contributed by atoms with Gasteiger partial charge >= 0.3 is 5.76 Å². The fraction of sp³-hybridized carbons (Fsp3) is 0.0588. The van der Waals surface area contributed by atoms with E-state index in [0.29, 0.717) is 11.1 Å². The van der Waals surface area contributed by atoms with Gasteiger partial charge in [0, 0.05) is 16.5 Å². The fourth-order valence-corrected chi connectivity index (χ4v) is 3.37. The normalized spacial score (nSPS) is 11.1. The molecule has 0 amide bonds. The number of hydrogen-bond donors (Lipinski definition) is 1. The van der Waals surface area contributed by atoms with E-state index in [1.54, 1.807) is 11.3 Å². The third-order valence-electron chi connectivity index (χ3n) is 3.60. The third kappa shape index (κ3) is 2.16. The van der Waals surface area contributed by atoms with E-state index in [4.69, 9.17) is 9.40 Å². The molecule has 4 rings (SSSR count). The van der Waals surface area contributed by atoms with Gasteiger partial charge in [-0.1, -0.05) is 30.3 Å². The molecule has 2 aromatic heterocycles.